The summed E-state index contributed by atoms with van der Waals surface area (Å²) in [6.07, 6.45) is 5.01. The van der Waals surface area contributed by atoms with Crippen LogP contribution in [-0.2, 0) is 0 Å². The number of hydrogen-bond donors (Lipinski definition) is 1. The van der Waals surface area contributed by atoms with Crippen molar-refractivity contribution in [2.45, 2.75) is 24.8 Å². The second-order valence-electron chi connectivity index (χ2n) is 5.00. The van der Waals surface area contributed by atoms with Crippen LogP contribution in [0.25, 0.3) is 0 Å². The third-order valence-corrected chi connectivity index (χ3v) is 4.28. The van der Waals surface area contributed by atoms with Gasteiger partial charge in [-0.3, -0.25) is 4.79 Å². The minimum atomic E-state index is -0.254. The van der Waals surface area contributed by atoms with E-state index in [-0.39, 0.29) is 23.7 Å². The van der Waals surface area contributed by atoms with Crippen LogP contribution in [-0.4, -0.2) is 21.9 Å². The molecular formula is C15H13Cl2N3O. The molecule has 1 saturated carbocycles. The maximum absolute atomic E-state index is 12.1. The molecule has 0 saturated heterocycles. The molecule has 0 bridgehead atoms. The van der Waals surface area contributed by atoms with E-state index in [2.05, 4.69) is 15.3 Å². The first-order valence-corrected chi connectivity index (χ1v) is 7.43. The van der Waals surface area contributed by atoms with Crippen molar-refractivity contribution in [1.82, 2.24) is 15.3 Å². The number of rotatable bonds is 3. The molecule has 108 valence electrons. The number of aromatic nitrogens is 2. The number of benzene rings is 1. The fourth-order valence-electron chi connectivity index (χ4n) is 2.50. The molecule has 0 aliphatic heterocycles. The molecule has 3 rings (SSSR count). The van der Waals surface area contributed by atoms with Gasteiger partial charge in [-0.25, -0.2) is 9.97 Å². The van der Waals surface area contributed by atoms with Crippen LogP contribution in [0.5, 0.6) is 0 Å². The molecule has 1 N–H and O–H groups in total. The quantitative estimate of drug-likeness (QED) is 0.941. The zero-order valence-electron chi connectivity index (χ0n) is 11.1. The largest absolute Gasteiger partial charge is 0.346 e. The molecule has 21 heavy (non-hydrogen) atoms. The molecule has 2 aromatic rings. The van der Waals surface area contributed by atoms with Crippen molar-refractivity contribution in [2.75, 3.05) is 0 Å². The predicted octanol–water partition coefficient (Wildman–Crippen LogP) is 3.46. The fraction of sp³-hybridized carbons (Fsp3) is 0.267. The third-order valence-electron chi connectivity index (χ3n) is 3.72. The number of amides is 1. The number of carbonyl (C=O) groups excluding carboxylic acids is 1. The van der Waals surface area contributed by atoms with Gasteiger partial charge >= 0.3 is 0 Å². The summed E-state index contributed by atoms with van der Waals surface area (Å²) in [4.78, 5) is 20.0. The molecule has 0 unspecified atom stereocenters. The Morgan fingerprint density at radius 1 is 1.19 bits per heavy atom. The zero-order valence-corrected chi connectivity index (χ0v) is 12.6. The average molecular weight is 322 g/mol. The lowest BCUT2D eigenvalue weighted by molar-refractivity contribution is 0.0894. The monoisotopic (exact) mass is 321 g/mol. The summed E-state index contributed by atoms with van der Waals surface area (Å²) in [5, 5.41) is 4.22. The minimum Gasteiger partial charge on any atom is -0.346 e. The van der Waals surface area contributed by atoms with Gasteiger partial charge in [0.05, 0.1) is 0 Å². The Hall–Kier alpha value is -1.65. The van der Waals surface area contributed by atoms with Gasteiger partial charge in [0, 0.05) is 34.4 Å². The summed E-state index contributed by atoms with van der Waals surface area (Å²) < 4.78 is 0. The van der Waals surface area contributed by atoms with Gasteiger partial charge in [-0.15, -0.1) is 0 Å². The summed E-state index contributed by atoms with van der Waals surface area (Å²) in [5.41, 5.74) is 1.02. The van der Waals surface area contributed by atoms with Crippen LogP contribution in [0.1, 0.15) is 34.9 Å². The maximum atomic E-state index is 12.1. The Morgan fingerprint density at radius 2 is 1.95 bits per heavy atom. The zero-order chi connectivity index (χ0) is 14.8. The van der Waals surface area contributed by atoms with Crippen LogP contribution >= 0.6 is 23.2 Å². The van der Waals surface area contributed by atoms with Gasteiger partial charge in [0.25, 0.3) is 5.91 Å². The first-order valence-electron chi connectivity index (χ1n) is 6.68. The summed E-state index contributed by atoms with van der Waals surface area (Å²) in [7, 11) is 0. The van der Waals surface area contributed by atoms with E-state index in [1.807, 2.05) is 12.1 Å². The minimum absolute atomic E-state index is 0.0555. The molecule has 1 aromatic carbocycles. The van der Waals surface area contributed by atoms with Gasteiger partial charge in [0.15, 0.2) is 0 Å². The Morgan fingerprint density at radius 3 is 2.57 bits per heavy atom. The number of nitrogens with zero attached hydrogens (tertiary/aromatic N) is 2. The van der Waals surface area contributed by atoms with E-state index in [9.17, 15) is 4.79 Å². The van der Waals surface area contributed by atoms with E-state index in [4.69, 9.17) is 23.2 Å². The maximum Gasteiger partial charge on any atom is 0.289 e. The van der Waals surface area contributed by atoms with Crippen LogP contribution < -0.4 is 5.32 Å². The summed E-state index contributed by atoms with van der Waals surface area (Å²) in [6.45, 7) is 0. The van der Waals surface area contributed by atoms with Gasteiger partial charge < -0.3 is 5.32 Å². The van der Waals surface area contributed by atoms with E-state index in [0.717, 1.165) is 18.4 Å². The number of halogens is 2. The summed E-state index contributed by atoms with van der Waals surface area (Å²) in [5.74, 6) is 0.142. The third kappa shape index (κ3) is 3.01. The summed E-state index contributed by atoms with van der Waals surface area (Å²) >= 11 is 12.1. The van der Waals surface area contributed by atoms with E-state index in [0.29, 0.717) is 10.0 Å². The molecule has 1 aliphatic rings. The highest BCUT2D eigenvalue weighted by molar-refractivity contribution is 6.35. The van der Waals surface area contributed by atoms with Gasteiger partial charge in [-0.05, 0) is 36.6 Å². The number of nitrogens with one attached hydrogen (secondary N) is 1. The van der Waals surface area contributed by atoms with Crippen molar-refractivity contribution in [3.63, 3.8) is 0 Å². The van der Waals surface area contributed by atoms with Crippen LogP contribution in [0, 0.1) is 0 Å². The highest BCUT2D eigenvalue weighted by atomic mass is 35.5. The highest BCUT2D eigenvalue weighted by Crippen LogP contribution is 2.40. The van der Waals surface area contributed by atoms with Crippen LogP contribution in [0.15, 0.2) is 36.7 Å². The molecule has 6 heteroatoms. The first-order chi connectivity index (χ1) is 10.1. The first kappa shape index (κ1) is 14.3. The second kappa shape index (κ2) is 6.00. The average Bonchev–Trinajstić information content (AvgIpc) is 2.47. The molecule has 4 nitrogen and oxygen atoms in total. The second-order valence-corrected chi connectivity index (χ2v) is 5.85. The Kier molecular flexibility index (Phi) is 4.08. The molecule has 2 atom stereocenters. The Bertz CT molecular complexity index is 663. The number of carbonyl (C=O) groups is 1. The van der Waals surface area contributed by atoms with E-state index in [1.165, 1.54) is 0 Å². The van der Waals surface area contributed by atoms with E-state index >= 15 is 0 Å². The van der Waals surface area contributed by atoms with Crippen molar-refractivity contribution in [2.24, 2.45) is 0 Å². The molecule has 1 fully saturated rings. The molecule has 1 aliphatic carbocycles. The van der Waals surface area contributed by atoms with Crippen molar-refractivity contribution < 1.29 is 4.79 Å². The lowest BCUT2D eigenvalue weighted by Gasteiger charge is -2.37. The van der Waals surface area contributed by atoms with Crippen molar-refractivity contribution >= 4 is 29.1 Å². The van der Waals surface area contributed by atoms with Gasteiger partial charge in [0.2, 0.25) is 5.82 Å². The van der Waals surface area contributed by atoms with Crippen molar-refractivity contribution in [1.29, 1.82) is 0 Å². The molecule has 1 aromatic heterocycles. The standard InChI is InChI=1S/C15H13Cl2N3O/c16-9-2-3-10(12(17)8-9)11-4-5-13(11)20-15(21)14-18-6-1-7-19-14/h1-3,6-8,11,13H,4-5H2,(H,20,21)/t11-,13-/m1/s1. The number of hydrogen-bond acceptors (Lipinski definition) is 3. The van der Waals surface area contributed by atoms with Crippen LogP contribution in [0.2, 0.25) is 10.0 Å². The molecular weight excluding hydrogens is 309 g/mol. The smallest absolute Gasteiger partial charge is 0.289 e. The van der Waals surface area contributed by atoms with E-state index in [1.54, 1.807) is 24.5 Å². The molecule has 0 radical (unpaired) electrons. The lowest BCUT2D eigenvalue weighted by atomic mass is 9.75. The van der Waals surface area contributed by atoms with E-state index < -0.39 is 0 Å². The van der Waals surface area contributed by atoms with Gasteiger partial charge in [-0.2, -0.15) is 0 Å². The topological polar surface area (TPSA) is 54.9 Å². The molecule has 1 heterocycles. The predicted molar refractivity (Wildman–Crippen MR) is 81.7 cm³/mol. The molecule has 1 amide bonds. The van der Waals surface area contributed by atoms with Crippen LogP contribution in [0.3, 0.4) is 0 Å². The van der Waals surface area contributed by atoms with Crippen LogP contribution in [0.4, 0.5) is 0 Å². The van der Waals surface area contributed by atoms with Gasteiger partial charge in [-0.1, -0.05) is 29.3 Å². The normalized spacial score (nSPS) is 20.7. The SMILES string of the molecule is O=C(N[C@@H]1CC[C@@H]1c1ccc(Cl)cc1Cl)c1ncccn1. The van der Waals surface area contributed by atoms with Gasteiger partial charge in [0.1, 0.15) is 0 Å². The lowest BCUT2D eigenvalue weighted by Crippen LogP contribution is -2.45. The fourth-order valence-corrected chi connectivity index (χ4v) is 3.05. The van der Waals surface area contributed by atoms with Crippen molar-refractivity contribution in [3.8, 4) is 0 Å². The van der Waals surface area contributed by atoms with Crippen molar-refractivity contribution in [3.05, 3.63) is 58.1 Å². The summed E-state index contributed by atoms with van der Waals surface area (Å²) in [6, 6.07) is 7.21. The Labute approximate surface area is 132 Å². The highest BCUT2D eigenvalue weighted by Gasteiger charge is 2.35. The molecule has 0 spiro atoms. The Balaban J connectivity index is 1.71.